The van der Waals surface area contributed by atoms with Crippen molar-refractivity contribution >= 4 is 0 Å². The van der Waals surface area contributed by atoms with Gasteiger partial charge in [0.2, 0.25) is 0 Å². The molecule has 0 saturated carbocycles. The number of nitrogens with two attached hydrogens (primary N) is 1. The van der Waals surface area contributed by atoms with Crippen molar-refractivity contribution in [1.29, 1.82) is 0 Å². The average molecular weight is 247 g/mol. The van der Waals surface area contributed by atoms with Gasteiger partial charge in [0.15, 0.2) is 0 Å². The van der Waals surface area contributed by atoms with Gasteiger partial charge in [0.1, 0.15) is 0 Å². The molecular weight excluding hydrogens is 222 g/mol. The minimum atomic E-state index is -0.181. The van der Waals surface area contributed by atoms with Gasteiger partial charge in [0, 0.05) is 12.6 Å². The second-order valence-corrected chi connectivity index (χ2v) is 5.54. The third-order valence-electron chi connectivity index (χ3n) is 4.46. The van der Waals surface area contributed by atoms with Crippen molar-refractivity contribution in [2.75, 3.05) is 6.61 Å². The fourth-order valence-corrected chi connectivity index (χ4v) is 2.93. The van der Waals surface area contributed by atoms with E-state index < -0.39 is 0 Å². The number of hydrogen-bond donors (Lipinski definition) is 1. The maximum absolute atomic E-state index is 6.39. The zero-order valence-electron chi connectivity index (χ0n) is 11.8. The zero-order chi connectivity index (χ0) is 13.2. The van der Waals surface area contributed by atoms with E-state index in [1.807, 2.05) is 6.92 Å². The van der Waals surface area contributed by atoms with Crippen molar-refractivity contribution in [2.24, 2.45) is 5.73 Å². The van der Waals surface area contributed by atoms with Gasteiger partial charge in [0.05, 0.1) is 5.60 Å². The van der Waals surface area contributed by atoms with Crippen molar-refractivity contribution in [3.05, 3.63) is 35.4 Å². The first-order valence-electron chi connectivity index (χ1n) is 7.08. The highest BCUT2D eigenvalue weighted by Crippen LogP contribution is 2.39. The number of benzene rings is 1. The lowest BCUT2D eigenvalue weighted by Crippen LogP contribution is -2.48. The Morgan fingerprint density at radius 1 is 1.39 bits per heavy atom. The molecular formula is C16H25NO. The molecule has 0 bridgehead atoms. The topological polar surface area (TPSA) is 35.2 Å². The normalized spacial score (nSPS) is 22.8. The summed E-state index contributed by atoms with van der Waals surface area (Å²) in [6, 6.07) is 8.81. The molecule has 2 N–H and O–H groups in total. The van der Waals surface area contributed by atoms with Gasteiger partial charge in [-0.25, -0.2) is 0 Å². The summed E-state index contributed by atoms with van der Waals surface area (Å²) in [5.74, 6) is 0.627. The maximum atomic E-state index is 6.39. The summed E-state index contributed by atoms with van der Waals surface area (Å²) in [5, 5.41) is 0. The molecule has 0 spiro atoms. The molecule has 0 saturated heterocycles. The van der Waals surface area contributed by atoms with Gasteiger partial charge in [-0.1, -0.05) is 31.2 Å². The van der Waals surface area contributed by atoms with E-state index in [2.05, 4.69) is 38.1 Å². The molecule has 18 heavy (non-hydrogen) atoms. The summed E-state index contributed by atoms with van der Waals surface area (Å²) in [7, 11) is 0. The molecule has 0 amide bonds. The van der Waals surface area contributed by atoms with Crippen molar-refractivity contribution in [1.82, 2.24) is 0 Å². The minimum Gasteiger partial charge on any atom is -0.374 e. The number of hydrogen-bond acceptors (Lipinski definition) is 2. The smallest absolute Gasteiger partial charge is 0.0802 e. The van der Waals surface area contributed by atoms with Crippen molar-refractivity contribution < 1.29 is 4.74 Å². The van der Waals surface area contributed by atoms with Crippen LogP contribution in [0.3, 0.4) is 0 Å². The van der Waals surface area contributed by atoms with Crippen LogP contribution in [0.4, 0.5) is 0 Å². The standard InChI is InChI=1S/C16H25NO/c1-4-16(3,18-5-2)15(17)11-13-10-12-8-6-7-9-14(12)13/h6-9,13,15H,4-5,10-11,17H2,1-3H3. The molecule has 0 aliphatic heterocycles. The zero-order valence-corrected chi connectivity index (χ0v) is 11.8. The van der Waals surface area contributed by atoms with E-state index in [0.29, 0.717) is 5.92 Å². The molecule has 3 unspecified atom stereocenters. The van der Waals surface area contributed by atoms with Crippen LogP contribution in [0.1, 0.15) is 50.7 Å². The van der Waals surface area contributed by atoms with Crippen LogP contribution in [0.2, 0.25) is 0 Å². The lowest BCUT2D eigenvalue weighted by atomic mass is 9.72. The lowest BCUT2D eigenvalue weighted by Gasteiger charge is -2.39. The van der Waals surface area contributed by atoms with Gasteiger partial charge in [0.25, 0.3) is 0 Å². The van der Waals surface area contributed by atoms with Gasteiger partial charge in [-0.3, -0.25) is 0 Å². The van der Waals surface area contributed by atoms with Crippen LogP contribution in [-0.2, 0) is 11.2 Å². The van der Waals surface area contributed by atoms with Gasteiger partial charge < -0.3 is 10.5 Å². The highest BCUT2D eigenvalue weighted by molar-refractivity contribution is 5.40. The van der Waals surface area contributed by atoms with Crippen molar-refractivity contribution in [3.63, 3.8) is 0 Å². The maximum Gasteiger partial charge on any atom is 0.0802 e. The highest BCUT2D eigenvalue weighted by atomic mass is 16.5. The Morgan fingerprint density at radius 3 is 2.72 bits per heavy atom. The van der Waals surface area contributed by atoms with Crippen LogP contribution >= 0.6 is 0 Å². The van der Waals surface area contributed by atoms with Crippen LogP contribution in [0.5, 0.6) is 0 Å². The summed E-state index contributed by atoms with van der Waals surface area (Å²) in [6.07, 6.45) is 3.17. The third-order valence-corrected chi connectivity index (χ3v) is 4.46. The van der Waals surface area contributed by atoms with Crippen LogP contribution < -0.4 is 5.73 Å². The Balaban J connectivity index is 1.99. The quantitative estimate of drug-likeness (QED) is 0.837. The fraction of sp³-hybridized carbons (Fsp3) is 0.625. The van der Waals surface area contributed by atoms with E-state index in [-0.39, 0.29) is 11.6 Å². The van der Waals surface area contributed by atoms with Crippen LogP contribution in [0.15, 0.2) is 24.3 Å². The molecule has 2 rings (SSSR count). The summed E-state index contributed by atoms with van der Waals surface area (Å²) in [4.78, 5) is 0. The molecule has 1 aliphatic rings. The molecule has 2 nitrogen and oxygen atoms in total. The molecule has 3 atom stereocenters. The summed E-state index contributed by atoms with van der Waals surface area (Å²) < 4.78 is 5.87. The molecule has 100 valence electrons. The lowest BCUT2D eigenvalue weighted by molar-refractivity contribution is -0.0496. The van der Waals surface area contributed by atoms with E-state index in [4.69, 9.17) is 10.5 Å². The van der Waals surface area contributed by atoms with Gasteiger partial charge >= 0.3 is 0 Å². The summed E-state index contributed by atoms with van der Waals surface area (Å²) in [6.45, 7) is 7.08. The summed E-state index contributed by atoms with van der Waals surface area (Å²) in [5.41, 5.74) is 9.19. The van der Waals surface area contributed by atoms with E-state index in [1.165, 1.54) is 17.5 Å². The molecule has 2 heteroatoms. The Bertz CT molecular complexity index is 404. The second-order valence-electron chi connectivity index (χ2n) is 5.54. The van der Waals surface area contributed by atoms with Gasteiger partial charge in [-0.05, 0) is 50.2 Å². The van der Waals surface area contributed by atoms with Crippen molar-refractivity contribution in [2.45, 2.75) is 57.6 Å². The van der Waals surface area contributed by atoms with Crippen LogP contribution in [0, 0.1) is 0 Å². The molecule has 1 aliphatic carbocycles. The van der Waals surface area contributed by atoms with E-state index in [1.54, 1.807) is 0 Å². The average Bonchev–Trinajstić information content (AvgIpc) is 2.35. The van der Waals surface area contributed by atoms with E-state index >= 15 is 0 Å². The number of fused-ring (bicyclic) bond motifs is 1. The number of ether oxygens (including phenoxy) is 1. The highest BCUT2D eigenvalue weighted by Gasteiger charge is 2.35. The first-order valence-corrected chi connectivity index (χ1v) is 7.08. The summed E-state index contributed by atoms with van der Waals surface area (Å²) >= 11 is 0. The molecule has 0 aromatic heterocycles. The molecule has 1 aromatic carbocycles. The Morgan fingerprint density at radius 2 is 2.11 bits per heavy atom. The Hall–Kier alpha value is -0.860. The second kappa shape index (κ2) is 5.41. The minimum absolute atomic E-state index is 0.112. The first kappa shape index (κ1) is 13.6. The molecule has 0 heterocycles. The van der Waals surface area contributed by atoms with Gasteiger partial charge in [-0.15, -0.1) is 0 Å². The van der Waals surface area contributed by atoms with Crippen molar-refractivity contribution in [3.8, 4) is 0 Å². The van der Waals surface area contributed by atoms with Crippen LogP contribution in [-0.4, -0.2) is 18.2 Å². The molecule has 0 fully saturated rings. The third kappa shape index (κ3) is 2.45. The largest absolute Gasteiger partial charge is 0.374 e. The fourth-order valence-electron chi connectivity index (χ4n) is 2.93. The first-order chi connectivity index (χ1) is 8.60. The number of rotatable bonds is 6. The van der Waals surface area contributed by atoms with Crippen LogP contribution in [0.25, 0.3) is 0 Å². The predicted molar refractivity (Wildman–Crippen MR) is 75.8 cm³/mol. The predicted octanol–water partition coefficient (Wildman–Crippen LogP) is 3.25. The van der Waals surface area contributed by atoms with Gasteiger partial charge in [-0.2, -0.15) is 0 Å². The monoisotopic (exact) mass is 247 g/mol. The molecule has 0 radical (unpaired) electrons. The SMILES string of the molecule is CCOC(C)(CC)C(N)CC1Cc2ccccc21. The Kier molecular flexibility index (Phi) is 4.08. The van der Waals surface area contributed by atoms with E-state index in [0.717, 1.165) is 19.4 Å². The molecule has 1 aromatic rings. The van der Waals surface area contributed by atoms with E-state index in [9.17, 15) is 0 Å². The Labute approximate surface area is 111 Å².